The molecule has 6 heteroatoms. The summed E-state index contributed by atoms with van der Waals surface area (Å²) in [5.74, 6) is 0.684. The lowest BCUT2D eigenvalue weighted by Gasteiger charge is -2.40. The first-order valence-electron chi connectivity index (χ1n) is 6.92. The monoisotopic (exact) mass is 286 g/mol. The van der Waals surface area contributed by atoms with Gasteiger partial charge in [0.05, 0.1) is 12.5 Å². The van der Waals surface area contributed by atoms with Crippen LogP contribution in [0.3, 0.4) is 0 Å². The minimum absolute atomic E-state index is 0.154. The number of nitrogens with one attached hydrogen (secondary N) is 1. The summed E-state index contributed by atoms with van der Waals surface area (Å²) in [5, 5.41) is 0. The molecule has 2 aliphatic rings. The van der Waals surface area contributed by atoms with E-state index in [2.05, 4.69) is 15.5 Å². The Morgan fingerprint density at radius 3 is 2.90 bits per heavy atom. The summed E-state index contributed by atoms with van der Waals surface area (Å²) in [6.07, 6.45) is 4.82. The third-order valence-electron chi connectivity index (χ3n) is 4.19. The number of amidine groups is 1. The number of rotatable bonds is 2. The van der Waals surface area contributed by atoms with Gasteiger partial charge in [-0.1, -0.05) is 18.2 Å². The van der Waals surface area contributed by atoms with Gasteiger partial charge in [-0.3, -0.25) is 0 Å². The number of aryl methyl sites for hydroxylation is 1. The largest absolute Gasteiger partial charge is 0.331 e. The minimum atomic E-state index is -0.563. The average Bonchev–Trinajstić information content (AvgIpc) is 3.04. The van der Waals surface area contributed by atoms with E-state index >= 15 is 0 Å². The molecular formula is C15H15FN4O. The van der Waals surface area contributed by atoms with Crippen LogP contribution in [0, 0.1) is 5.82 Å². The van der Waals surface area contributed by atoms with E-state index in [4.69, 9.17) is 4.84 Å². The third kappa shape index (κ3) is 1.94. The molecule has 0 radical (unpaired) electrons. The van der Waals surface area contributed by atoms with E-state index in [1.807, 2.05) is 23.7 Å². The van der Waals surface area contributed by atoms with Gasteiger partial charge in [0.2, 0.25) is 0 Å². The Labute approximate surface area is 121 Å². The Balaban J connectivity index is 1.54. The highest BCUT2D eigenvalue weighted by Gasteiger charge is 2.50. The summed E-state index contributed by atoms with van der Waals surface area (Å²) >= 11 is 0. The van der Waals surface area contributed by atoms with Crippen LogP contribution in [0.25, 0.3) is 0 Å². The van der Waals surface area contributed by atoms with Crippen molar-refractivity contribution in [3.8, 4) is 0 Å². The van der Waals surface area contributed by atoms with Crippen LogP contribution in [0.5, 0.6) is 0 Å². The van der Waals surface area contributed by atoms with Crippen LogP contribution in [-0.2, 0) is 11.9 Å². The normalized spacial score (nSPS) is 27.3. The number of aliphatic imine (C=N–C) groups is 1. The Morgan fingerprint density at radius 2 is 2.19 bits per heavy atom. The molecule has 0 amide bonds. The van der Waals surface area contributed by atoms with E-state index in [-0.39, 0.29) is 11.7 Å². The van der Waals surface area contributed by atoms with Crippen LogP contribution in [0.4, 0.5) is 4.39 Å². The zero-order chi connectivity index (χ0) is 14.4. The maximum Gasteiger partial charge on any atom is 0.188 e. The van der Waals surface area contributed by atoms with E-state index in [9.17, 15) is 4.39 Å². The van der Waals surface area contributed by atoms with E-state index < -0.39 is 5.72 Å². The molecule has 1 aromatic carbocycles. The molecule has 1 aliphatic heterocycles. The van der Waals surface area contributed by atoms with Crippen LogP contribution in [0.1, 0.15) is 30.0 Å². The first kappa shape index (κ1) is 12.5. The number of imidazole rings is 1. The number of aromatic nitrogens is 2. The van der Waals surface area contributed by atoms with Crippen molar-refractivity contribution < 1.29 is 9.23 Å². The van der Waals surface area contributed by atoms with Crippen molar-refractivity contribution >= 4 is 5.84 Å². The number of nitrogens with zero attached hydrogens (tertiary/aromatic N) is 3. The minimum Gasteiger partial charge on any atom is -0.331 e. The number of halogens is 1. The fourth-order valence-corrected chi connectivity index (χ4v) is 3.00. The molecule has 4 rings (SSSR count). The lowest BCUT2D eigenvalue weighted by molar-refractivity contribution is -0.115. The average molecular weight is 286 g/mol. The van der Waals surface area contributed by atoms with Gasteiger partial charge in [0, 0.05) is 19.9 Å². The molecule has 1 saturated carbocycles. The first-order valence-corrected chi connectivity index (χ1v) is 6.92. The van der Waals surface area contributed by atoms with Crippen molar-refractivity contribution in [1.82, 2.24) is 15.0 Å². The van der Waals surface area contributed by atoms with Gasteiger partial charge in [0.1, 0.15) is 11.5 Å². The summed E-state index contributed by atoms with van der Waals surface area (Å²) in [6, 6.07) is 6.90. The zero-order valence-corrected chi connectivity index (χ0v) is 11.6. The van der Waals surface area contributed by atoms with E-state index in [1.165, 1.54) is 6.07 Å². The fraction of sp³-hybridized carbons (Fsp3) is 0.333. The van der Waals surface area contributed by atoms with Gasteiger partial charge in [0.15, 0.2) is 11.6 Å². The van der Waals surface area contributed by atoms with Gasteiger partial charge in [-0.2, -0.15) is 0 Å². The lowest BCUT2D eigenvalue weighted by Crippen LogP contribution is -2.42. The molecule has 1 N–H and O–H groups in total. The highest BCUT2D eigenvalue weighted by molar-refractivity contribution is 5.97. The number of hydrogen-bond acceptors (Lipinski definition) is 4. The molecule has 1 aromatic heterocycles. The summed E-state index contributed by atoms with van der Waals surface area (Å²) in [5.41, 5.74) is 3.93. The summed E-state index contributed by atoms with van der Waals surface area (Å²) in [6.45, 7) is 0. The first-order chi connectivity index (χ1) is 10.2. The van der Waals surface area contributed by atoms with Crippen LogP contribution >= 0.6 is 0 Å². The predicted octanol–water partition coefficient (Wildman–Crippen LogP) is 2.11. The summed E-state index contributed by atoms with van der Waals surface area (Å²) < 4.78 is 15.7. The molecular weight excluding hydrogens is 271 g/mol. The van der Waals surface area contributed by atoms with Crippen molar-refractivity contribution in [1.29, 1.82) is 0 Å². The lowest BCUT2D eigenvalue weighted by atomic mass is 9.73. The van der Waals surface area contributed by atoms with Gasteiger partial charge in [-0.05, 0) is 17.5 Å². The Morgan fingerprint density at radius 1 is 1.38 bits per heavy atom. The second-order valence-electron chi connectivity index (χ2n) is 5.63. The number of hydrogen-bond donors (Lipinski definition) is 1. The molecule has 1 aliphatic carbocycles. The van der Waals surface area contributed by atoms with Gasteiger partial charge in [-0.25, -0.2) is 24.7 Å². The van der Waals surface area contributed by atoms with Crippen molar-refractivity contribution in [3.63, 3.8) is 0 Å². The van der Waals surface area contributed by atoms with E-state index in [1.54, 1.807) is 18.6 Å². The summed E-state index contributed by atoms with van der Waals surface area (Å²) in [7, 11) is 1.90. The van der Waals surface area contributed by atoms with Crippen LogP contribution in [0.15, 0.2) is 41.8 Å². The number of hydroxylamine groups is 1. The van der Waals surface area contributed by atoms with E-state index in [0.717, 1.165) is 11.3 Å². The maximum absolute atomic E-state index is 13.8. The third-order valence-corrected chi connectivity index (χ3v) is 4.19. The Kier molecular flexibility index (Phi) is 2.62. The van der Waals surface area contributed by atoms with Crippen LogP contribution in [0.2, 0.25) is 0 Å². The second-order valence-corrected chi connectivity index (χ2v) is 5.63. The van der Waals surface area contributed by atoms with Crippen molar-refractivity contribution in [2.45, 2.75) is 24.5 Å². The quantitative estimate of drug-likeness (QED) is 0.920. The maximum atomic E-state index is 13.8. The topological polar surface area (TPSA) is 51.4 Å². The number of benzene rings is 1. The summed E-state index contributed by atoms with van der Waals surface area (Å²) in [4.78, 5) is 14.3. The van der Waals surface area contributed by atoms with Crippen molar-refractivity contribution in [2.24, 2.45) is 12.0 Å². The molecule has 1 spiro atoms. The molecule has 2 heterocycles. The molecule has 2 aromatic rings. The van der Waals surface area contributed by atoms with Crippen molar-refractivity contribution in [3.05, 3.63) is 53.9 Å². The molecule has 0 atom stereocenters. The Hall–Kier alpha value is -2.21. The fourth-order valence-electron chi connectivity index (χ4n) is 3.00. The molecule has 0 bridgehead atoms. The standard InChI is InChI=1S/C15H15FN4O/c1-20-9-17-8-13(20)14-18-15(21-19-14)6-10(7-15)11-4-2-3-5-12(11)16/h2-5,8-10H,6-7H2,1H3,(H,18,19). The molecule has 21 heavy (non-hydrogen) atoms. The molecule has 0 saturated heterocycles. The van der Waals surface area contributed by atoms with Gasteiger partial charge >= 0.3 is 0 Å². The highest BCUT2D eigenvalue weighted by atomic mass is 19.1. The second kappa shape index (κ2) is 4.39. The predicted molar refractivity (Wildman–Crippen MR) is 75.1 cm³/mol. The van der Waals surface area contributed by atoms with Crippen molar-refractivity contribution in [2.75, 3.05) is 0 Å². The SMILES string of the molecule is Cn1cncc1C1=NC2(CC(c3ccccc3F)C2)ON1. The zero-order valence-electron chi connectivity index (χ0n) is 11.6. The van der Waals surface area contributed by atoms with Gasteiger partial charge < -0.3 is 4.57 Å². The molecule has 5 nitrogen and oxygen atoms in total. The smallest absolute Gasteiger partial charge is 0.188 e. The molecule has 1 fully saturated rings. The van der Waals surface area contributed by atoms with Crippen LogP contribution < -0.4 is 5.48 Å². The Bertz CT molecular complexity index is 718. The molecule has 0 unspecified atom stereocenters. The van der Waals surface area contributed by atoms with Crippen LogP contribution in [-0.4, -0.2) is 21.1 Å². The van der Waals surface area contributed by atoms with Gasteiger partial charge in [0.25, 0.3) is 0 Å². The van der Waals surface area contributed by atoms with E-state index in [0.29, 0.717) is 18.7 Å². The molecule has 108 valence electrons. The van der Waals surface area contributed by atoms with Gasteiger partial charge in [-0.15, -0.1) is 0 Å². The highest BCUT2D eigenvalue weighted by Crippen LogP contribution is 2.49.